The minimum atomic E-state index is -1.73. The predicted molar refractivity (Wildman–Crippen MR) is 60.8 cm³/mol. The lowest BCUT2D eigenvalue weighted by Gasteiger charge is -2.11. The molecule has 0 saturated heterocycles. The van der Waals surface area contributed by atoms with Crippen LogP contribution in [0.15, 0.2) is 6.07 Å². The summed E-state index contributed by atoms with van der Waals surface area (Å²) in [6, 6.07) is 0.264. The van der Waals surface area contributed by atoms with Gasteiger partial charge in [0, 0.05) is 24.7 Å². The largest absolute Gasteiger partial charge is 0.395 e. The smallest absolute Gasteiger partial charge is 0.194 e. The first-order chi connectivity index (χ1) is 8.47. The molecule has 0 heterocycles. The molecule has 1 rings (SSSR count). The highest BCUT2D eigenvalue weighted by molar-refractivity contribution is 7.80. The highest BCUT2D eigenvalue weighted by Crippen LogP contribution is 2.18. The molecule has 0 saturated carbocycles. The molecule has 3 nitrogen and oxygen atoms in total. The molecule has 0 amide bonds. The molecule has 0 aliphatic rings. The molecular formula is C10H10F4N2OS. The Morgan fingerprint density at radius 3 is 2.39 bits per heavy atom. The standard InChI is InChI=1S/C10H10F4N2OS/c11-6-3-7(12)9(14)8(13)5(6)4-16-10(18)15-1-2-17/h3,17H,1-2,4H2,(H2,15,16,18). The van der Waals surface area contributed by atoms with E-state index < -0.39 is 35.4 Å². The van der Waals surface area contributed by atoms with Gasteiger partial charge >= 0.3 is 0 Å². The lowest BCUT2D eigenvalue weighted by molar-refractivity contribution is 0.300. The number of halogens is 4. The van der Waals surface area contributed by atoms with E-state index in [1.54, 1.807) is 0 Å². The molecular weight excluding hydrogens is 272 g/mol. The van der Waals surface area contributed by atoms with Crippen molar-refractivity contribution in [3.8, 4) is 0 Å². The molecule has 18 heavy (non-hydrogen) atoms. The Hall–Kier alpha value is -1.41. The third-order valence-electron chi connectivity index (χ3n) is 2.03. The SMILES string of the molecule is OCCNC(=S)NCc1c(F)cc(F)c(F)c1F. The highest BCUT2D eigenvalue weighted by Gasteiger charge is 2.18. The van der Waals surface area contributed by atoms with E-state index in [0.29, 0.717) is 0 Å². The van der Waals surface area contributed by atoms with Crippen LogP contribution in [0.2, 0.25) is 0 Å². The van der Waals surface area contributed by atoms with Crippen molar-refractivity contribution in [2.24, 2.45) is 0 Å². The molecule has 0 aromatic heterocycles. The number of nitrogens with one attached hydrogen (secondary N) is 2. The minimum Gasteiger partial charge on any atom is -0.395 e. The first kappa shape index (κ1) is 14.7. The molecule has 0 atom stereocenters. The summed E-state index contributed by atoms with van der Waals surface area (Å²) < 4.78 is 51.9. The highest BCUT2D eigenvalue weighted by atomic mass is 32.1. The van der Waals surface area contributed by atoms with E-state index in [1.165, 1.54) is 0 Å². The Kier molecular flexibility index (Phi) is 5.29. The van der Waals surface area contributed by atoms with Crippen LogP contribution in [-0.4, -0.2) is 23.4 Å². The van der Waals surface area contributed by atoms with E-state index in [1.807, 2.05) is 0 Å². The van der Waals surface area contributed by atoms with Crippen molar-refractivity contribution < 1.29 is 22.7 Å². The lowest BCUT2D eigenvalue weighted by Crippen LogP contribution is -2.36. The van der Waals surface area contributed by atoms with Gasteiger partial charge in [-0.1, -0.05) is 0 Å². The normalized spacial score (nSPS) is 10.3. The van der Waals surface area contributed by atoms with Gasteiger partial charge < -0.3 is 15.7 Å². The average molecular weight is 282 g/mol. The summed E-state index contributed by atoms with van der Waals surface area (Å²) in [5, 5.41) is 13.5. The maximum Gasteiger partial charge on any atom is 0.194 e. The molecule has 1 aromatic rings. The monoisotopic (exact) mass is 282 g/mol. The van der Waals surface area contributed by atoms with Crippen molar-refractivity contribution in [1.29, 1.82) is 0 Å². The van der Waals surface area contributed by atoms with Gasteiger partial charge in [0.25, 0.3) is 0 Å². The van der Waals surface area contributed by atoms with Gasteiger partial charge in [0.2, 0.25) is 0 Å². The van der Waals surface area contributed by atoms with Crippen LogP contribution in [-0.2, 0) is 6.54 Å². The first-order valence-electron chi connectivity index (χ1n) is 4.91. The van der Waals surface area contributed by atoms with E-state index in [4.69, 9.17) is 17.3 Å². The van der Waals surface area contributed by atoms with Crippen LogP contribution in [0.5, 0.6) is 0 Å². The number of rotatable bonds is 4. The maximum absolute atomic E-state index is 13.2. The molecule has 8 heteroatoms. The zero-order valence-electron chi connectivity index (χ0n) is 9.07. The molecule has 0 radical (unpaired) electrons. The van der Waals surface area contributed by atoms with Gasteiger partial charge in [-0.2, -0.15) is 0 Å². The summed E-state index contributed by atoms with van der Waals surface area (Å²) >= 11 is 4.72. The van der Waals surface area contributed by atoms with Crippen molar-refractivity contribution in [3.05, 3.63) is 34.9 Å². The summed E-state index contributed by atoms with van der Waals surface area (Å²) in [6.07, 6.45) is 0. The number of aliphatic hydroxyl groups is 1. The topological polar surface area (TPSA) is 44.3 Å². The molecule has 0 spiro atoms. The Morgan fingerprint density at radius 1 is 1.11 bits per heavy atom. The van der Waals surface area contributed by atoms with Crippen molar-refractivity contribution in [2.45, 2.75) is 6.54 Å². The number of hydrogen-bond acceptors (Lipinski definition) is 2. The van der Waals surface area contributed by atoms with E-state index in [0.717, 1.165) is 0 Å². The molecule has 0 fully saturated rings. The number of benzene rings is 1. The second-order valence-electron chi connectivity index (χ2n) is 3.28. The Labute approximate surface area is 106 Å². The summed E-state index contributed by atoms with van der Waals surface area (Å²) in [6.45, 7) is -0.448. The van der Waals surface area contributed by atoms with Gasteiger partial charge in [-0.05, 0) is 12.2 Å². The van der Waals surface area contributed by atoms with Gasteiger partial charge in [0.1, 0.15) is 5.82 Å². The fraction of sp³-hybridized carbons (Fsp3) is 0.300. The predicted octanol–water partition coefficient (Wildman–Crippen LogP) is 1.20. The molecule has 100 valence electrons. The van der Waals surface area contributed by atoms with E-state index >= 15 is 0 Å². The fourth-order valence-corrected chi connectivity index (χ4v) is 1.34. The molecule has 0 bridgehead atoms. The van der Waals surface area contributed by atoms with Crippen LogP contribution in [0.1, 0.15) is 5.56 Å². The van der Waals surface area contributed by atoms with Crippen molar-refractivity contribution >= 4 is 17.3 Å². The van der Waals surface area contributed by atoms with Crippen LogP contribution in [0, 0.1) is 23.3 Å². The summed E-state index contributed by atoms with van der Waals surface area (Å²) in [7, 11) is 0. The van der Waals surface area contributed by atoms with Crippen LogP contribution < -0.4 is 10.6 Å². The molecule has 3 N–H and O–H groups in total. The fourth-order valence-electron chi connectivity index (χ4n) is 1.17. The molecule has 0 aliphatic heterocycles. The number of aliphatic hydroxyl groups excluding tert-OH is 1. The molecule has 1 aromatic carbocycles. The number of thiocarbonyl (C=S) groups is 1. The molecule has 0 aliphatic carbocycles. The van der Waals surface area contributed by atoms with E-state index in [-0.39, 0.29) is 24.3 Å². The van der Waals surface area contributed by atoms with Gasteiger partial charge in [-0.25, -0.2) is 17.6 Å². The van der Waals surface area contributed by atoms with Gasteiger partial charge in [-0.15, -0.1) is 0 Å². The summed E-state index contributed by atoms with van der Waals surface area (Å²) in [5.74, 6) is -6.12. The molecule has 0 unspecified atom stereocenters. The van der Waals surface area contributed by atoms with Crippen LogP contribution in [0.4, 0.5) is 17.6 Å². The Balaban J connectivity index is 2.74. The minimum absolute atomic E-state index is 0.0348. The zero-order valence-corrected chi connectivity index (χ0v) is 9.88. The summed E-state index contributed by atoms with van der Waals surface area (Å²) in [5.41, 5.74) is -0.651. The maximum atomic E-state index is 13.2. The third-order valence-corrected chi connectivity index (χ3v) is 2.32. The van der Waals surface area contributed by atoms with Gasteiger partial charge in [-0.3, -0.25) is 0 Å². The van der Waals surface area contributed by atoms with Crippen molar-refractivity contribution in [2.75, 3.05) is 13.2 Å². The van der Waals surface area contributed by atoms with Crippen LogP contribution in [0.25, 0.3) is 0 Å². The average Bonchev–Trinajstić information content (AvgIpc) is 2.33. The van der Waals surface area contributed by atoms with Crippen molar-refractivity contribution in [3.63, 3.8) is 0 Å². The summed E-state index contributed by atoms with van der Waals surface area (Å²) in [4.78, 5) is 0. The van der Waals surface area contributed by atoms with Crippen molar-refractivity contribution in [1.82, 2.24) is 10.6 Å². The number of hydrogen-bond donors (Lipinski definition) is 3. The quantitative estimate of drug-likeness (QED) is 0.336. The Morgan fingerprint density at radius 2 is 1.78 bits per heavy atom. The van der Waals surface area contributed by atoms with E-state index in [2.05, 4.69) is 10.6 Å². The van der Waals surface area contributed by atoms with Crippen LogP contribution in [0.3, 0.4) is 0 Å². The second kappa shape index (κ2) is 6.50. The Bertz CT molecular complexity index is 456. The van der Waals surface area contributed by atoms with Crippen LogP contribution >= 0.6 is 12.2 Å². The second-order valence-corrected chi connectivity index (χ2v) is 3.69. The third kappa shape index (κ3) is 3.54. The first-order valence-corrected chi connectivity index (χ1v) is 5.32. The van der Waals surface area contributed by atoms with Gasteiger partial charge in [0.15, 0.2) is 22.6 Å². The van der Waals surface area contributed by atoms with E-state index in [9.17, 15) is 17.6 Å². The lowest BCUT2D eigenvalue weighted by atomic mass is 10.2. The van der Waals surface area contributed by atoms with Gasteiger partial charge in [0.05, 0.1) is 6.61 Å². The zero-order chi connectivity index (χ0) is 13.7.